The molecule has 2 fully saturated rings. The number of carbonyl (C=O) groups excluding carboxylic acids is 2. The number of unbranched alkanes of at least 4 members (excludes halogenated alkanes) is 5. The lowest BCUT2D eigenvalue weighted by Gasteiger charge is -2.47. The molecule has 7 N–H and O–H groups in total. The monoisotopic (exact) mass is 536 g/mol. The number of ether oxygens (including phenoxy) is 4. The highest BCUT2D eigenvalue weighted by atomic mass is 16.7. The highest BCUT2D eigenvalue weighted by Gasteiger charge is 2.51. The summed E-state index contributed by atoms with van der Waals surface area (Å²) in [6, 6.07) is -2.32. The molecule has 10 atom stereocenters. The number of amides is 2. The maximum absolute atomic E-state index is 12.6. The lowest BCUT2D eigenvalue weighted by atomic mass is 9.94. The fraction of sp³-hybridized carbons (Fsp3) is 0.917. The second kappa shape index (κ2) is 15.9. The van der Waals surface area contributed by atoms with Crippen LogP contribution in [0.15, 0.2) is 0 Å². The molecule has 37 heavy (non-hydrogen) atoms. The van der Waals surface area contributed by atoms with Crippen LogP contribution in [0.25, 0.3) is 0 Å². The van der Waals surface area contributed by atoms with Crippen LogP contribution >= 0.6 is 0 Å². The Morgan fingerprint density at radius 3 is 2.00 bits per heavy atom. The molecule has 216 valence electrons. The Bertz CT molecular complexity index is 700. The van der Waals surface area contributed by atoms with Gasteiger partial charge in [0.25, 0.3) is 0 Å². The van der Waals surface area contributed by atoms with Crippen LogP contribution in [0.1, 0.15) is 58.8 Å². The third-order valence-electron chi connectivity index (χ3n) is 6.71. The molecule has 2 rings (SSSR count). The summed E-state index contributed by atoms with van der Waals surface area (Å²) in [7, 11) is 1.31. The first-order chi connectivity index (χ1) is 17.7. The minimum atomic E-state index is -1.56. The predicted molar refractivity (Wildman–Crippen MR) is 129 cm³/mol. The van der Waals surface area contributed by atoms with Crippen molar-refractivity contribution in [2.24, 2.45) is 0 Å². The van der Waals surface area contributed by atoms with Crippen LogP contribution in [0.2, 0.25) is 0 Å². The molecular weight excluding hydrogens is 492 g/mol. The van der Waals surface area contributed by atoms with Gasteiger partial charge in [-0.3, -0.25) is 9.59 Å². The minimum absolute atomic E-state index is 0.191. The summed E-state index contributed by atoms with van der Waals surface area (Å²) in [5.41, 5.74) is 0. The van der Waals surface area contributed by atoms with Crippen molar-refractivity contribution in [1.82, 2.24) is 10.6 Å². The van der Waals surface area contributed by atoms with Gasteiger partial charge in [0.1, 0.15) is 48.7 Å². The number of rotatable bonds is 14. The van der Waals surface area contributed by atoms with Crippen molar-refractivity contribution in [2.45, 2.75) is 120 Å². The van der Waals surface area contributed by atoms with E-state index in [0.29, 0.717) is 6.42 Å². The summed E-state index contributed by atoms with van der Waals surface area (Å²) in [5.74, 6) is -0.857. The van der Waals surface area contributed by atoms with Crippen molar-refractivity contribution >= 4 is 11.8 Å². The van der Waals surface area contributed by atoms with E-state index in [1.165, 1.54) is 14.0 Å². The molecule has 2 heterocycles. The van der Waals surface area contributed by atoms with Gasteiger partial charge in [0.05, 0.1) is 13.2 Å². The largest absolute Gasteiger partial charge is 0.394 e. The lowest BCUT2D eigenvalue weighted by molar-refractivity contribution is -0.330. The second-order valence-corrected chi connectivity index (χ2v) is 9.60. The highest BCUT2D eigenvalue weighted by Crippen LogP contribution is 2.29. The molecule has 0 bridgehead atoms. The van der Waals surface area contributed by atoms with E-state index in [1.54, 1.807) is 0 Å². The molecule has 2 amide bonds. The average Bonchev–Trinajstić information content (AvgIpc) is 2.87. The number of hydrogen-bond donors (Lipinski definition) is 7. The maximum atomic E-state index is 12.6. The van der Waals surface area contributed by atoms with E-state index < -0.39 is 80.4 Å². The number of nitrogens with one attached hydrogen (secondary N) is 2. The standard InChI is InChI=1S/C24H44N2O11/c1-4-5-6-7-8-9-10-16(30)26-17-20(32)19(31)14(11-27)35-24(17)37-22-15(12-28)36-23(34-3)18(21(22)33)25-13(2)29/h14-15,17-24,27-28,31-33H,4-12H2,1-3H3,(H,25,29)(H,26,30). The maximum Gasteiger partial charge on any atom is 0.220 e. The van der Waals surface area contributed by atoms with Crippen LogP contribution in [0.4, 0.5) is 0 Å². The molecule has 0 spiro atoms. The Hall–Kier alpha value is -1.42. The van der Waals surface area contributed by atoms with Crippen molar-refractivity contribution in [3.05, 3.63) is 0 Å². The Labute approximate surface area is 217 Å². The van der Waals surface area contributed by atoms with E-state index in [-0.39, 0.29) is 12.3 Å². The van der Waals surface area contributed by atoms with Gasteiger partial charge in [-0.25, -0.2) is 0 Å². The quantitative estimate of drug-likeness (QED) is 0.125. The summed E-state index contributed by atoms with van der Waals surface area (Å²) in [6.07, 6.45) is -4.62. The molecule has 0 aromatic rings. The molecule has 2 aliphatic heterocycles. The molecule has 13 heteroatoms. The van der Waals surface area contributed by atoms with E-state index in [2.05, 4.69) is 17.6 Å². The van der Waals surface area contributed by atoms with Crippen molar-refractivity contribution < 1.29 is 54.1 Å². The fourth-order valence-corrected chi connectivity index (χ4v) is 4.66. The first kappa shape index (κ1) is 31.8. The van der Waals surface area contributed by atoms with Gasteiger partial charge in [0.15, 0.2) is 12.6 Å². The summed E-state index contributed by atoms with van der Waals surface area (Å²) >= 11 is 0. The molecule has 0 aliphatic carbocycles. The third-order valence-corrected chi connectivity index (χ3v) is 6.71. The van der Waals surface area contributed by atoms with Gasteiger partial charge in [0, 0.05) is 20.5 Å². The number of carbonyl (C=O) groups is 2. The van der Waals surface area contributed by atoms with E-state index >= 15 is 0 Å². The molecular formula is C24H44N2O11. The SMILES string of the molecule is CCCCCCCCC(=O)NC1C(OC2C(CO)OC(OC)C(NC(C)=O)C2O)OC(CO)C(O)C1O. The molecule has 2 saturated heterocycles. The summed E-state index contributed by atoms with van der Waals surface area (Å²) in [5, 5.41) is 56.8. The van der Waals surface area contributed by atoms with Crippen LogP contribution in [0.5, 0.6) is 0 Å². The third kappa shape index (κ3) is 8.80. The average molecular weight is 537 g/mol. The van der Waals surface area contributed by atoms with Crippen LogP contribution in [0, 0.1) is 0 Å². The van der Waals surface area contributed by atoms with Gasteiger partial charge in [-0.15, -0.1) is 0 Å². The highest BCUT2D eigenvalue weighted by molar-refractivity contribution is 5.76. The molecule has 10 unspecified atom stereocenters. The normalized spacial score (nSPS) is 36.2. The van der Waals surface area contributed by atoms with Crippen LogP contribution in [0.3, 0.4) is 0 Å². The number of aliphatic hydroxyl groups excluding tert-OH is 5. The minimum Gasteiger partial charge on any atom is -0.394 e. The fourth-order valence-electron chi connectivity index (χ4n) is 4.66. The Balaban J connectivity index is 2.15. The summed E-state index contributed by atoms with van der Waals surface area (Å²) in [4.78, 5) is 24.3. The van der Waals surface area contributed by atoms with Crippen molar-refractivity contribution in [1.29, 1.82) is 0 Å². The van der Waals surface area contributed by atoms with Gasteiger partial charge in [-0.2, -0.15) is 0 Å². The van der Waals surface area contributed by atoms with Gasteiger partial charge in [0.2, 0.25) is 11.8 Å². The number of hydrogen-bond acceptors (Lipinski definition) is 11. The van der Waals surface area contributed by atoms with Gasteiger partial charge >= 0.3 is 0 Å². The van der Waals surface area contributed by atoms with E-state index in [9.17, 15) is 35.1 Å². The van der Waals surface area contributed by atoms with Crippen LogP contribution in [-0.2, 0) is 28.5 Å². The van der Waals surface area contributed by atoms with Crippen molar-refractivity contribution in [2.75, 3.05) is 20.3 Å². The Morgan fingerprint density at radius 1 is 0.811 bits per heavy atom. The topological polar surface area (TPSA) is 196 Å². The smallest absolute Gasteiger partial charge is 0.220 e. The first-order valence-corrected chi connectivity index (χ1v) is 13.0. The van der Waals surface area contributed by atoms with Crippen LogP contribution in [-0.4, -0.2) is 119 Å². The van der Waals surface area contributed by atoms with Gasteiger partial charge in [-0.1, -0.05) is 39.0 Å². The molecule has 0 aromatic heterocycles. The molecule has 0 radical (unpaired) electrons. The lowest BCUT2D eigenvalue weighted by Crippen LogP contribution is -2.69. The number of methoxy groups -OCH3 is 1. The van der Waals surface area contributed by atoms with Gasteiger partial charge in [-0.05, 0) is 6.42 Å². The van der Waals surface area contributed by atoms with Gasteiger partial charge < -0.3 is 55.1 Å². The molecule has 0 aromatic carbocycles. The second-order valence-electron chi connectivity index (χ2n) is 9.60. The van der Waals surface area contributed by atoms with E-state index in [0.717, 1.165) is 32.1 Å². The zero-order valence-corrected chi connectivity index (χ0v) is 21.8. The van der Waals surface area contributed by atoms with Crippen LogP contribution < -0.4 is 10.6 Å². The number of aliphatic hydroxyl groups is 5. The molecule has 0 saturated carbocycles. The Morgan fingerprint density at radius 2 is 1.41 bits per heavy atom. The van der Waals surface area contributed by atoms with E-state index in [1.807, 2.05) is 0 Å². The first-order valence-electron chi connectivity index (χ1n) is 13.0. The Kier molecular flexibility index (Phi) is 13.6. The zero-order valence-electron chi connectivity index (χ0n) is 21.8. The molecule has 2 aliphatic rings. The van der Waals surface area contributed by atoms with E-state index in [4.69, 9.17) is 18.9 Å². The summed E-state index contributed by atoms with van der Waals surface area (Å²) in [6.45, 7) is 2.13. The molecule has 13 nitrogen and oxygen atoms in total. The van der Waals surface area contributed by atoms with Crippen molar-refractivity contribution in [3.63, 3.8) is 0 Å². The van der Waals surface area contributed by atoms with Crippen molar-refractivity contribution in [3.8, 4) is 0 Å². The zero-order chi connectivity index (χ0) is 27.5. The predicted octanol–water partition coefficient (Wildman–Crippen LogP) is -1.72. The summed E-state index contributed by atoms with van der Waals surface area (Å²) < 4.78 is 22.4.